The van der Waals surface area contributed by atoms with E-state index in [4.69, 9.17) is 4.74 Å². The summed E-state index contributed by atoms with van der Waals surface area (Å²) in [5, 5.41) is 2.28. The highest BCUT2D eigenvalue weighted by molar-refractivity contribution is 5.87. The molecule has 0 saturated heterocycles. The van der Waals surface area contributed by atoms with Gasteiger partial charge in [0, 0.05) is 12.3 Å². The van der Waals surface area contributed by atoms with Gasteiger partial charge in [-0.25, -0.2) is 9.59 Å². The van der Waals surface area contributed by atoms with E-state index in [0.717, 1.165) is 25.7 Å². The van der Waals surface area contributed by atoms with Crippen molar-refractivity contribution in [3.63, 3.8) is 0 Å². The molecule has 0 aromatic heterocycles. The molecule has 0 aromatic carbocycles. The fourth-order valence-corrected chi connectivity index (χ4v) is 2.06. The lowest BCUT2D eigenvalue weighted by Gasteiger charge is -2.15. The highest BCUT2D eigenvalue weighted by atomic mass is 19.4. The second-order valence-electron chi connectivity index (χ2n) is 5.06. The first-order valence-corrected chi connectivity index (χ1v) is 7.48. The molecule has 134 valence electrons. The van der Waals surface area contributed by atoms with Crippen molar-refractivity contribution in [1.29, 1.82) is 0 Å². The Morgan fingerprint density at radius 3 is 2.42 bits per heavy atom. The van der Waals surface area contributed by atoms with Gasteiger partial charge in [0.1, 0.15) is 6.26 Å². The number of ether oxygens (including phenoxy) is 2. The van der Waals surface area contributed by atoms with Crippen LogP contribution in [0.5, 0.6) is 0 Å². The molecule has 0 atom stereocenters. The second-order valence-corrected chi connectivity index (χ2v) is 5.06. The molecule has 1 heterocycles. The van der Waals surface area contributed by atoms with Gasteiger partial charge in [-0.1, -0.05) is 25.7 Å². The summed E-state index contributed by atoms with van der Waals surface area (Å²) in [6.07, 6.45) is 6.92. The highest BCUT2D eigenvalue weighted by Gasteiger charge is 2.42. The standard InChI is InChI=1S/C10H14F3NO3.C5H5NO/c11-10(12,13)8(15)17-9(16)14-7-5-3-1-2-4-6-7;1-2-6-3-5-7-4-1/h7H,1-6H2,(H,14,16);1-5H. The Kier molecular flexibility index (Phi) is 8.59. The summed E-state index contributed by atoms with van der Waals surface area (Å²) in [5.74, 6) is -2.48. The Morgan fingerprint density at radius 2 is 1.79 bits per heavy atom. The molecule has 1 fully saturated rings. The van der Waals surface area contributed by atoms with E-state index in [2.05, 4.69) is 15.0 Å². The van der Waals surface area contributed by atoms with Crippen molar-refractivity contribution in [3.05, 3.63) is 24.8 Å². The Bertz CT molecular complexity index is 479. The van der Waals surface area contributed by atoms with Crippen LogP contribution in [0.25, 0.3) is 0 Å². The number of carbonyl (C=O) groups is 2. The van der Waals surface area contributed by atoms with Gasteiger partial charge in [0.2, 0.25) is 0 Å². The van der Waals surface area contributed by atoms with Gasteiger partial charge in [0.25, 0.3) is 0 Å². The van der Waals surface area contributed by atoms with E-state index in [1.165, 1.54) is 6.26 Å². The van der Waals surface area contributed by atoms with Crippen molar-refractivity contribution in [2.45, 2.75) is 50.7 Å². The molecule has 0 bridgehead atoms. The van der Waals surface area contributed by atoms with E-state index in [9.17, 15) is 22.8 Å². The molecule has 1 amide bonds. The first kappa shape index (κ1) is 19.7. The number of nitrogens with zero attached hydrogens (tertiary/aromatic N) is 1. The van der Waals surface area contributed by atoms with Crippen LogP contribution in [0.3, 0.4) is 0 Å². The van der Waals surface area contributed by atoms with E-state index in [0.29, 0.717) is 12.8 Å². The van der Waals surface area contributed by atoms with Crippen LogP contribution in [-0.2, 0) is 14.3 Å². The number of esters is 1. The van der Waals surface area contributed by atoms with Gasteiger partial charge in [-0.2, -0.15) is 13.2 Å². The molecule has 6 nitrogen and oxygen atoms in total. The van der Waals surface area contributed by atoms with Crippen molar-refractivity contribution in [3.8, 4) is 0 Å². The topological polar surface area (TPSA) is 77.0 Å². The number of rotatable bonds is 1. The Morgan fingerprint density at radius 1 is 1.12 bits per heavy atom. The summed E-state index contributed by atoms with van der Waals surface area (Å²) in [4.78, 5) is 25.2. The zero-order valence-corrected chi connectivity index (χ0v) is 12.9. The normalized spacial score (nSPS) is 17.6. The number of alkyl carbamates (subject to hydrolysis) is 1. The number of amides is 1. The van der Waals surface area contributed by atoms with Gasteiger partial charge < -0.3 is 14.8 Å². The SMILES string of the molecule is C1=COC=CN=C1.O=C(NC1CCCCCC1)OC(=O)C(F)(F)F. The minimum Gasteiger partial charge on any atom is -0.471 e. The van der Waals surface area contributed by atoms with Crippen LogP contribution < -0.4 is 5.32 Å². The Hall–Kier alpha value is -2.32. The van der Waals surface area contributed by atoms with Gasteiger partial charge in [-0.3, -0.25) is 4.99 Å². The third-order valence-electron chi connectivity index (χ3n) is 3.15. The molecule has 9 heteroatoms. The summed E-state index contributed by atoms with van der Waals surface area (Å²) in [6, 6.07) is -0.203. The van der Waals surface area contributed by atoms with Crippen LogP contribution in [0.15, 0.2) is 29.8 Å². The maximum atomic E-state index is 11.8. The van der Waals surface area contributed by atoms with Crippen LogP contribution in [0.4, 0.5) is 18.0 Å². The number of allylic oxidation sites excluding steroid dienone is 1. The summed E-state index contributed by atoms with van der Waals surface area (Å²) in [5.41, 5.74) is 0. The molecule has 24 heavy (non-hydrogen) atoms. The Labute approximate surface area is 137 Å². The van der Waals surface area contributed by atoms with E-state index in [1.807, 2.05) is 0 Å². The fourth-order valence-electron chi connectivity index (χ4n) is 2.06. The maximum Gasteiger partial charge on any atom is 0.491 e. The van der Waals surface area contributed by atoms with Crippen molar-refractivity contribution >= 4 is 18.3 Å². The quantitative estimate of drug-likeness (QED) is 0.446. The van der Waals surface area contributed by atoms with E-state index < -0.39 is 18.2 Å². The molecule has 2 aliphatic rings. The minimum atomic E-state index is -5.14. The van der Waals surface area contributed by atoms with Crippen molar-refractivity contribution in [1.82, 2.24) is 5.32 Å². The van der Waals surface area contributed by atoms with E-state index >= 15 is 0 Å². The average molecular weight is 348 g/mol. The second kappa shape index (κ2) is 10.5. The number of alkyl halides is 3. The van der Waals surface area contributed by atoms with E-state index in [1.54, 1.807) is 24.8 Å². The lowest BCUT2D eigenvalue weighted by Crippen LogP contribution is -2.38. The smallest absolute Gasteiger partial charge is 0.471 e. The predicted molar refractivity (Wildman–Crippen MR) is 80.0 cm³/mol. The average Bonchev–Trinajstić information content (AvgIpc) is 2.93. The summed E-state index contributed by atoms with van der Waals surface area (Å²) in [7, 11) is 0. The predicted octanol–water partition coefficient (Wildman–Crippen LogP) is 3.60. The first-order chi connectivity index (χ1) is 11.4. The molecule has 1 aliphatic heterocycles. The van der Waals surface area contributed by atoms with Gasteiger partial charge in [-0.05, 0) is 18.9 Å². The third-order valence-corrected chi connectivity index (χ3v) is 3.15. The molecule has 0 unspecified atom stereocenters. The van der Waals surface area contributed by atoms with Crippen molar-refractivity contribution in [2.24, 2.45) is 4.99 Å². The van der Waals surface area contributed by atoms with E-state index in [-0.39, 0.29) is 6.04 Å². The van der Waals surface area contributed by atoms with Gasteiger partial charge in [0.05, 0.1) is 12.5 Å². The molecular weight excluding hydrogens is 329 g/mol. The summed E-state index contributed by atoms with van der Waals surface area (Å²) >= 11 is 0. The van der Waals surface area contributed by atoms with Gasteiger partial charge in [0.15, 0.2) is 0 Å². The Balaban J connectivity index is 0.000000341. The zero-order chi connectivity index (χ0) is 17.8. The van der Waals surface area contributed by atoms with Crippen LogP contribution in [0.2, 0.25) is 0 Å². The highest BCUT2D eigenvalue weighted by Crippen LogP contribution is 2.18. The number of carbonyl (C=O) groups excluding carboxylic acids is 2. The van der Waals surface area contributed by atoms with Crippen LogP contribution in [0, 0.1) is 0 Å². The first-order valence-electron chi connectivity index (χ1n) is 7.48. The largest absolute Gasteiger partial charge is 0.491 e. The lowest BCUT2D eigenvalue weighted by molar-refractivity contribution is -0.192. The molecular formula is C15H19F3N2O4. The van der Waals surface area contributed by atoms with Crippen LogP contribution in [-0.4, -0.2) is 30.5 Å². The van der Waals surface area contributed by atoms with Crippen molar-refractivity contribution < 1.29 is 32.2 Å². The van der Waals surface area contributed by atoms with Gasteiger partial charge in [-0.15, -0.1) is 0 Å². The van der Waals surface area contributed by atoms with Crippen molar-refractivity contribution in [2.75, 3.05) is 0 Å². The van der Waals surface area contributed by atoms with Gasteiger partial charge >= 0.3 is 18.2 Å². The van der Waals surface area contributed by atoms with Crippen LogP contribution in [0.1, 0.15) is 38.5 Å². The maximum absolute atomic E-state index is 11.8. The third kappa shape index (κ3) is 8.96. The monoisotopic (exact) mass is 348 g/mol. The zero-order valence-electron chi connectivity index (χ0n) is 12.9. The minimum absolute atomic E-state index is 0.203. The number of halogens is 3. The number of aliphatic imine (C=N–C) groups is 1. The molecule has 0 radical (unpaired) electrons. The summed E-state index contributed by atoms with van der Waals surface area (Å²) < 4.78 is 43.7. The number of nitrogens with one attached hydrogen (secondary N) is 1. The molecule has 1 N–H and O–H groups in total. The van der Waals surface area contributed by atoms with Crippen LogP contribution >= 0.6 is 0 Å². The number of hydrogen-bond acceptors (Lipinski definition) is 5. The molecule has 1 saturated carbocycles. The lowest BCUT2D eigenvalue weighted by atomic mass is 10.1. The number of hydrogen-bond donors (Lipinski definition) is 1. The molecule has 1 aliphatic carbocycles. The molecule has 2 rings (SSSR count). The summed E-state index contributed by atoms with van der Waals surface area (Å²) in [6.45, 7) is 0. The molecule has 0 spiro atoms. The fraction of sp³-hybridized carbons (Fsp3) is 0.533. The molecule has 0 aromatic rings.